The number of nitrogens with one attached hydrogen (secondary N) is 1. The molecule has 0 spiro atoms. The van der Waals surface area contributed by atoms with Crippen LogP contribution in [0.25, 0.3) is 0 Å². The summed E-state index contributed by atoms with van der Waals surface area (Å²) in [5.41, 5.74) is 7.20. The summed E-state index contributed by atoms with van der Waals surface area (Å²) in [5.74, 6) is 6.63. The molecule has 20 heavy (non-hydrogen) atoms. The van der Waals surface area contributed by atoms with Crippen LogP contribution >= 0.6 is 0 Å². The third-order valence-electron chi connectivity index (χ3n) is 3.54. The van der Waals surface area contributed by atoms with E-state index in [2.05, 4.69) is 10.5 Å². The first-order valence-corrected chi connectivity index (χ1v) is 6.77. The number of nitrogens with zero attached hydrogens (tertiary/aromatic N) is 2. The van der Waals surface area contributed by atoms with Crippen molar-refractivity contribution in [2.24, 2.45) is 12.9 Å². The zero-order valence-electron chi connectivity index (χ0n) is 12.5. The molecule has 2 rings (SSSR count). The summed E-state index contributed by atoms with van der Waals surface area (Å²) in [4.78, 5) is 0. The maximum Gasteiger partial charge on any atom is 0.119 e. The quantitative estimate of drug-likeness (QED) is 0.646. The van der Waals surface area contributed by atoms with Gasteiger partial charge in [-0.15, -0.1) is 0 Å². The lowest BCUT2D eigenvalue weighted by Crippen LogP contribution is -2.29. The van der Waals surface area contributed by atoms with Gasteiger partial charge in [-0.05, 0) is 38.5 Å². The van der Waals surface area contributed by atoms with E-state index < -0.39 is 0 Å². The smallest absolute Gasteiger partial charge is 0.119 e. The summed E-state index contributed by atoms with van der Waals surface area (Å²) in [6.45, 7) is 6.69. The Balaban J connectivity index is 2.36. The van der Waals surface area contributed by atoms with E-state index in [9.17, 15) is 0 Å². The molecular formula is C15H22N4O. The summed E-state index contributed by atoms with van der Waals surface area (Å²) in [5, 5.41) is 4.45. The van der Waals surface area contributed by atoms with Gasteiger partial charge in [-0.25, -0.2) is 5.43 Å². The van der Waals surface area contributed by atoms with E-state index in [4.69, 9.17) is 10.6 Å². The monoisotopic (exact) mass is 274 g/mol. The Morgan fingerprint density at radius 1 is 1.30 bits per heavy atom. The van der Waals surface area contributed by atoms with Gasteiger partial charge in [-0.2, -0.15) is 5.10 Å². The van der Waals surface area contributed by atoms with Crippen LogP contribution in [0.4, 0.5) is 0 Å². The normalized spacial score (nSPS) is 12.4. The third kappa shape index (κ3) is 2.69. The van der Waals surface area contributed by atoms with Crippen LogP contribution in [0.1, 0.15) is 35.5 Å². The van der Waals surface area contributed by atoms with E-state index in [0.29, 0.717) is 6.61 Å². The van der Waals surface area contributed by atoms with Gasteiger partial charge < -0.3 is 4.74 Å². The molecule has 1 unspecified atom stereocenters. The highest BCUT2D eigenvalue weighted by Crippen LogP contribution is 2.27. The Hall–Kier alpha value is -1.85. The second-order valence-electron chi connectivity index (χ2n) is 4.81. The van der Waals surface area contributed by atoms with Crippen LogP contribution in [-0.2, 0) is 7.05 Å². The Bertz CT molecular complexity index is 574. The number of hydrogen-bond donors (Lipinski definition) is 2. The molecule has 3 N–H and O–H groups in total. The number of hydrogen-bond acceptors (Lipinski definition) is 4. The van der Waals surface area contributed by atoms with Crippen molar-refractivity contribution in [3.63, 3.8) is 0 Å². The molecule has 0 amide bonds. The molecular weight excluding hydrogens is 252 g/mol. The Labute approximate surface area is 119 Å². The van der Waals surface area contributed by atoms with E-state index in [1.54, 1.807) is 0 Å². The van der Waals surface area contributed by atoms with Crippen molar-refractivity contribution in [2.45, 2.75) is 26.8 Å². The molecule has 108 valence electrons. The number of aryl methyl sites for hydroxylation is 2. The summed E-state index contributed by atoms with van der Waals surface area (Å²) in [7, 11) is 1.94. The average Bonchev–Trinajstić information content (AvgIpc) is 2.68. The molecule has 0 aliphatic carbocycles. The van der Waals surface area contributed by atoms with Crippen molar-refractivity contribution >= 4 is 0 Å². The van der Waals surface area contributed by atoms with Crippen LogP contribution < -0.4 is 16.0 Å². The summed E-state index contributed by atoms with van der Waals surface area (Å²) in [6.07, 6.45) is 0. The number of ether oxygens (including phenoxy) is 1. The molecule has 1 heterocycles. The fraction of sp³-hybridized carbons (Fsp3) is 0.400. The number of rotatable bonds is 5. The van der Waals surface area contributed by atoms with E-state index in [-0.39, 0.29) is 6.04 Å². The van der Waals surface area contributed by atoms with Crippen LogP contribution in [0.3, 0.4) is 0 Å². The van der Waals surface area contributed by atoms with Gasteiger partial charge >= 0.3 is 0 Å². The summed E-state index contributed by atoms with van der Waals surface area (Å²) >= 11 is 0. The van der Waals surface area contributed by atoms with Crippen molar-refractivity contribution in [1.82, 2.24) is 15.2 Å². The molecule has 0 saturated heterocycles. The molecule has 1 atom stereocenters. The van der Waals surface area contributed by atoms with Gasteiger partial charge in [-0.1, -0.05) is 12.1 Å². The van der Waals surface area contributed by atoms with Gasteiger partial charge in [0.25, 0.3) is 0 Å². The second-order valence-corrected chi connectivity index (χ2v) is 4.81. The van der Waals surface area contributed by atoms with Gasteiger partial charge in [0, 0.05) is 18.3 Å². The minimum Gasteiger partial charge on any atom is -0.494 e. The molecule has 0 saturated carbocycles. The zero-order chi connectivity index (χ0) is 14.7. The first kappa shape index (κ1) is 14.6. The number of hydrazine groups is 1. The van der Waals surface area contributed by atoms with Crippen molar-refractivity contribution < 1.29 is 4.74 Å². The molecule has 1 aromatic heterocycles. The van der Waals surface area contributed by atoms with Crippen molar-refractivity contribution in [3.8, 4) is 5.75 Å². The van der Waals surface area contributed by atoms with Gasteiger partial charge in [0.15, 0.2) is 0 Å². The lowest BCUT2D eigenvalue weighted by atomic mass is 9.97. The van der Waals surface area contributed by atoms with Gasteiger partial charge in [-0.3, -0.25) is 10.5 Å². The highest BCUT2D eigenvalue weighted by atomic mass is 16.5. The second kappa shape index (κ2) is 6.07. The molecule has 0 aliphatic rings. The highest BCUT2D eigenvalue weighted by Gasteiger charge is 2.20. The first-order valence-electron chi connectivity index (χ1n) is 6.77. The number of benzene rings is 1. The fourth-order valence-corrected chi connectivity index (χ4v) is 2.48. The van der Waals surface area contributed by atoms with E-state index in [0.717, 1.165) is 28.3 Å². The van der Waals surface area contributed by atoms with Crippen LogP contribution in [0.2, 0.25) is 0 Å². The van der Waals surface area contributed by atoms with E-state index >= 15 is 0 Å². The largest absolute Gasteiger partial charge is 0.494 e. The number of nitrogens with two attached hydrogens (primary N) is 1. The first-order chi connectivity index (χ1) is 9.58. The fourth-order valence-electron chi connectivity index (χ4n) is 2.48. The van der Waals surface area contributed by atoms with Crippen molar-refractivity contribution in [3.05, 3.63) is 46.8 Å². The Kier molecular flexibility index (Phi) is 4.42. The molecule has 1 aromatic carbocycles. The highest BCUT2D eigenvalue weighted by molar-refractivity contribution is 5.39. The molecule has 2 aromatic rings. The lowest BCUT2D eigenvalue weighted by molar-refractivity contribution is 0.340. The lowest BCUT2D eigenvalue weighted by Gasteiger charge is -2.18. The molecule has 5 heteroatoms. The maximum atomic E-state index is 5.76. The predicted molar refractivity (Wildman–Crippen MR) is 79.5 cm³/mol. The average molecular weight is 274 g/mol. The van der Waals surface area contributed by atoms with E-state index in [1.807, 2.05) is 56.8 Å². The Morgan fingerprint density at radius 3 is 2.40 bits per heavy atom. The third-order valence-corrected chi connectivity index (χ3v) is 3.54. The van der Waals surface area contributed by atoms with E-state index in [1.165, 1.54) is 0 Å². The topological polar surface area (TPSA) is 65.1 Å². The molecule has 0 fully saturated rings. The van der Waals surface area contributed by atoms with Gasteiger partial charge in [0.2, 0.25) is 0 Å². The molecule has 0 radical (unpaired) electrons. The predicted octanol–water partition coefficient (Wildman–Crippen LogP) is 1.99. The maximum absolute atomic E-state index is 5.76. The standard InChI is InChI=1S/C15H22N4O/c1-5-20-13-8-6-12(7-9-13)15(17-16)14-10(2)18-19(4)11(14)3/h6-9,15,17H,5,16H2,1-4H3. The minimum atomic E-state index is -0.0700. The van der Waals surface area contributed by atoms with Crippen molar-refractivity contribution in [2.75, 3.05) is 6.61 Å². The Morgan fingerprint density at radius 2 is 1.95 bits per heavy atom. The van der Waals surface area contributed by atoms with Crippen LogP contribution in [0.5, 0.6) is 5.75 Å². The summed E-state index contributed by atoms with van der Waals surface area (Å²) in [6, 6.07) is 7.91. The minimum absolute atomic E-state index is 0.0700. The molecule has 5 nitrogen and oxygen atoms in total. The zero-order valence-corrected chi connectivity index (χ0v) is 12.5. The molecule has 0 bridgehead atoms. The van der Waals surface area contributed by atoms with Crippen LogP contribution in [-0.4, -0.2) is 16.4 Å². The van der Waals surface area contributed by atoms with Gasteiger partial charge in [0.1, 0.15) is 5.75 Å². The summed E-state index contributed by atoms with van der Waals surface area (Å²) < 4.78 is 7.34. The molecule has 0 aliphatic heterocycles. The van der Waals surface area contributed by atoms with Crippen molar-refractivity contribution in [1.29, 1.82) is 0 Å². The van der Waals surface area contributed by atoms with Crippen LogP contribution in [0.15, 0.2) is 24.3 Å². The number of aromatic nitrogens is 2. The van der Waals surface area contributed by atoms with Crippen LogP contribution in [0, 0.1) is 13.8 Å². The SMILES string of the molecule is CCOc1ccc(C(NN)c2c(C)nn(C)c2C)cc1. The van der Waals surface area contributed by atoms with Gasteiger partial charge in [0.05, 0.1) is 18.3 Å².